The minimum absolute atomic E-state index is 0. The molecule has 0 N–H and O–H groups in total. The molecule has 0 rings (SSSR count). The number of hydrogen-bond donors (Lipinski definition) is 0. The van der Waals surface area contributed by atoms with Crippen molar-refractivity contribution in [1.29, 1.82) is 0 Å². The summed E-state index contributed by atoms with van der Waals surface area (Å²) in [6, 6.07) is 0. The first-order valence-electron chi connectivity index (χ1n) is 1.10. The van der Waals surface area contributed by atoms with Gasteiger partial charge in [0.2, 0.25) is 0 Å². The molecule has 0 spiro atoms. The van der Waals surface area contributed by atoms with Gasteiger partial charge in [-0.3, -0.25) is 0 Å². The third-order valence-corrected chi connectivity index (χ3v) is 0. The summed E-state index contributed by atoms with van der Waals surface area (Å²) in [4.78, 5) is 16.5. The smallest absolute Gasteiger partial charge is 0.0689 e. The first-order chi connectivity index (χ1) is 3.46. The van der Waals surface area contributed by atoms with Gasteiger partial charge in [0, 0.05) is 19.8 Å². The van der Waals surface area contributed by atoms with Crippen LogP contribution >= 0.6 is 0 Å². The molecule has 0 aromatic heterocycles. The molecule has 0 aliphatic rings. The van der Waals surface area contributed by atoms with E-state index in [-0.39, 0.29) is 19.8 Å². The Morgan fingerprint density at radius 1 is 0.778 bits per heavy atom. The molecule has 0 aromatic rings. The van der Waals surface area contributed by atoms with Crippen LogP contribution in [0.25, 0.3) is 0 Å². The molecule has 9 heteroatoms. The van der Waals surface area contributed by atoms with Crippen LogP contribution in [-0.4, -0.2) is 30.0 Å². The monoisotopic (exact) mass is 193 g/mol. The molecule has 8 nitrogen and oxygen atoms in total. The Morgan fingerprint density at radius 3 is 0.778 bits per heavy atom. The van der Waals surface area contributed by atoms with Gasteiger partial charge in [0.15, 0.2) is 0 Å². The van der Waals surface area contributed by atoms with E-state index in [1.165, 1.54) is 0 Å². The Labute approximate surface area is 61.4 Å². The Bertz CT molecular complexity index is 69.1. The maximum atomic E-state index is 8.25. The zero-order chi connectivity index (χ0) is 7.15. The van der Waals surface area contributed by atoms with Crippen molar-refractivity contribution in [1.82, 2.24) is 0 Å². The van der Waals surface area contributed by atoms with Crippen molar-refractivity contribution < 1.29 is 10.2 Å². The molecule has 51 valence electrons. The summed E-state index contributed by atoms with van der Waals surface area (Å²) in [5, 5.41) is 29.5. The van der Waals surface area contributed by atoms with Crippen molar-refractivity contribution in [3.63, 3.8) is 0 Å². The van der Waals surface area contributed by atoms with Crippen molar-refractivity contribution in [2.24, 2.45) is 0 Å². The Hall–Kier alpha value is -0.964. The van der Waals surface area contributed by atoms with Gasteiger partial charge in [0.25, 0.3) is 0 Å². The second-order valence-corrected chi connectivity index (χ2v) is 0.447. The molecule has 0 aliphatic carbocycles. The van der Waals surface area contributed by atoms with Gasteiger partial charge in [-0.15, -0.1) is 0 Å². The number of rotatable bonds is 0. The van der Waals surface area contributed by atoms with Crippen LogP contribution in [-0.2, 0) is 0 Å². The Balaban J connectivity index is -0.0000000720. The van der Waals surface area contributed by atoms with Crippen LogP contribution in [0.1, 0.15) is 0 Å². The van der Waals surface area contributed by atoms with E-state index in [2.05, 4.69) is 0 Å². The van der Waals surface area contributed by atoms with Gasteiger partial charge in [-0.2, -0.15) is 0 Å². The molecule has 0 amide bonds. The van der Waals surface area contributed by atoms with Crippen LogP contribution in [0.3, 0.4) is 0 Å². The molecule has 0 unspecified atom stereocenters. The molecule has 9 heavy (non-hydrogen) atoms. The molecular weight excluding hydrogens is 194 g/mol. The first kappa shape index (κ1) is 15.7. The van der Waals surface area contributed by atoms with Crippen LogP contribution in [0.5, 0.6) is 0 Å². The standard InChI is InChI=1S/Ga.2NO3/c;2*2-1(3)4/q;2*-1. The summed E-state index contributed by atoms with van der Waals surface area (Å²) in [6.45, 7) is 0. The number of hydrogen-bond acceptors (Lipinski definition) is 6. The zero-order valence-corrected chi connectivity index (χ0v) is 6.34. The number of nitrogens with zero attached hydrogens (tertiary/aromatic N) is 2. The van der Waals surface area contributed by atoms with Crippen molar-refractivity contribution in [3.8, 4) is 0 Å². The van der Waals surface area contributed by atoms with Gasteiger partial charge in [0.05, 0.1) is 10.2 Å². The van der Waals surface area contributed by atoms with Gasteiger partial charge < -0.3 is 30.6 Å². The zero-order valence-electron chi connectivity index (χ0n) is 3.92. The second-order valence-electron chi connectivity index (χ2n) is 0.447. The summed E-state index contributed by atoms with van der Waals surface area (Å²) in [7, 11) is 0. The third kappa shape index (κ3) is 192. The molecule has 0 aliphatic heterocycles. The second kappa shape index (κ2) is 10.1. The minimum Gasteiger partial charge on any atom is -0.356 e. The quantitative estimate of drug-likeness (QED) is 0.279. The molecule has 0 atom stereocenters. The average Bonchev–Trinajstić information content (AvgIpc) is 1.25. The van der Waals surface area contributed by atoms with Crippen LogP contribution in [0, 0.1) is 30.6 Å². The molecule has 0 saturated carbocycles. The summed E-state index contributed by atoms with van der Waals surface area (Å²) >= 11 is 0. The Morgan fingerprint density at radius 2 is 0.778 bits per heavy atom. The average molecular weight is 194 g/mol. The van der Waals surface area contributed by atoms with Gasteiger partial charge >= 0.3 is 0 Å². The Kier molecular flexibility index (Phi) is 17.6. The van der Waals surface area contributed by atoms with Crippen molar-refractivity contribution in [2.75, 3.05) is 0 Å². The summed E-state index contributed by atoms with van der Waals surface area (Å²) < 4.78 is 0. The van der Waals surface area contributed by atoms with E-state index >= 15 is 0 Å². The van der Waals surface area contributed by atoms with E-state index in [0.717, 1.165) is 0 Å². The molecule has 3 radical (unpaired) electrons. The summed E-state index contributed by atoms with van der Waals surface area (Å²) in [6.07, 6.45) is 0. The van der Waals surface area contributed by atoms with E-state index in [4.69, 9.17) is 30.6 Å². The topological polar surface area (TPSA) is 132 Å². The van der Waals surface area contributed by atoms with Crippen LogP contribution in [0.4, 0.5) is 0 Å². The van der Waals surface area contributed by atoms with Gasteiger partial charge in [-0.1, -0.05) is 0 Å². The minimum atomic E-state index is -1.75. The van der Waals surface area contributed by atoms with Crippen LogP contribution < -0.4 is 0 Å². The fourth-order valence-electron chi connectivity index (χ4n) is 0. The van der Waals surface area contributed by atoms with E-state index in [1.54, 1.807) is 0 Å². The van der Waals surface area contributed by atoms with Gasteiger partial charge in [-0.05, 0) is 0 Å². The summed E-state index contributed by atoms with van der Waals surface area (Å²) in [5.41, 5.74) is 0. The molecular formula is GaN2O6-2. The first-order valence-corrected chi connectivity index (χ1v) is 1.10. The normalized spacial score (nSPS) is 5.33. The van der Waals surface area contributed by atoms with Crippen molar-refractivity contribution >= 4 is 19.8 Å². The van der Waals surface area contributed by atoms with Gasteiger partial charge in [0.1, 0.15) is 0 Å². The fraction of sp³-hybridized carbons (Fsp3) is 0. The van der Waals surface area contributed by atoms with Crippen molar-refractivity contribution in [2.45, 2.75) is 0 Å². The fourth-order valence-corrected chi connectivity index (χ4v) is 0. The summed E-state index contributed by atoms with van der Waals surface area (Å²) in [5.74, 6) is 0. The predicted molar refractivity (Wildman–Crippen MR) is 26.5 cm³/mol. The third-order valence-electron chi connectivity index (χ3n) is 0. The predicted octanol–water partition coefficient (Wildman–Crippen LogP) is -0.859. The maximum Gasteiger partial charge on any atom is 0.0689 e. The maximum absolute atomic E-state index is 8.25. The van der Waals surface area contributed by atoms with Gasteiger partial charge in [-0.25, -0.2) is 0 Å². The molecule has 0 bridgehead atoms. The van der Waals surface area contributed by atoms with E-state index < -0.39 is 10.2 Å². The van der Waals surface area contributed by atoms with Crippen molar-refractivity contribution in [3.05, 3.63) is 30.6 Å². The molecule has 0 fully saturated rings. The SMILES string of the molecule is O=[N+]([O-])[O-].O=[N+]([O-])[O-].[Ga]. The van der Waals surface area contributed by atoms with Crippen LogP contribution in [0.15, 0.2) is 0 Å². The van der Waals surface area contributed by atoms with E-state index in [9.17, 15) is 0 Å². The van der Waals surface area contributed by atoms with Crippen LogP contribution in [0.2, 0.25) is 0 Å². The molecule has 0 aromatic carbocycles. The largest absolute Gasteiger partial charge is 0.356 e. The van der Waals surface area contributed by atoms with E-state index in [0.29, 0.717) is 0 Å². The molecule has 0 saturated heterocycles. The van der Waals surface area contributed by atoms with E-state index in [1.807, 2.05) is 0 Å². The molecule has 0 heterocycles.